The fraction of sp³-hybridized carbons (Fsp3) is 0.533. The van der Waals surface area contributed by atoms with Crippen LogP contribution in [0.3, 0.4) is 0 Å². The molecule has 0 amide bonds. The fourth-order valence-corrected chi connectivity index (χ4v) is 3.86. The van der Waals surface area contributed by atoms with Crippen LogP contribution in [0, 0.1) is 29.4 Å². The number of hydrogen-bond donors (Lipinski definition) is 0. The van der Waals surface area contributed by atoms with E-state index in [2.05, 4.69) is 0 Å². The van der Waals surface area contributed by atoms with Crippen molar-refractivity contribution in [3.05, 3.63) is 34.4 Å². The lowest BCUT2D eigenvalue weighted by molar-refractivity contribution is 0.0940. The number of halogens is 3. The molecular formula is C15H15ClF2O. The number of Topliss-reactive ketones (excluding diaryl/α,β-unsaturated/α-hetero) is 1. The van der Waals surface area contributed by atoms with E-state index < -0.39 is 11.6 Å². The first-order chi connectivity index (χ1) is 9.04. The van der Waals surface area contributed by atoms with Crippen LogP contribution in [0.25, 0.3) is 0 Å². The highest BCUT2D eigenvalue weighted by molar-refractivity contribution is 6.30. The van der Waals surface area contributed by atoms with E-state index in [0.717, 1.165) is 24.5 Å². The van der Waals surface area contributed by atoms with Gasteiger partial charge >= 0.3 is 0 Å². The molecule has 0 saturated heterocycles. The molecule has 0 radical (unpaired) electrons. The summed E-state index contributed by atoms with van der Waals surface area (Å²) >= 11 is 5.49. The Morgan fingerprint density at radius 2 is 2.00 bits per heavy atom. The molecule has 19 heavy (non-hydrogen) atoms. The molecule has 1 nitrogen and oxygen atoms in total. The van der Waals surface area contributed by atoms with E-state index in [-0.39, 0.29) is 16.4 Å². The molecular weight excluding hydrogens is 270 g/mol. The Morgan fingerprint density at radius 3 is 2.63 bits per heavy atom. The summed E-state index contributed by atoms with van der Waals surface area (Å²) in [4.78, 5) is 12.1. The largest absolute Gasteiger partial charge is 0.294 e. The van der Waals surface area contributed by atoms with Gasteiger partial charge in [-0.15, -0.1) is 0 Å². The summed E-state index contributed by atoms with van der Waals surface area (Å²) in [5, 5.41) is -0.283. The summed E-state index contributed by atoms with van der Waals surface area (Å²) in [6.45, 7) is 0. The molecule has 3 atom stereocenters. The third-order valence-corrected chi connectivity index (χ3v) is 4.93. The van der Waals surface area contributed by atoms with Crippen LogP contribution in [0.1, 0.15) is 42.5 Å². The first-order valence-electron chi connectivity index (χ1n) is 6.72. The van der Waals surface area contributed by atoms with Gasteiger partial charge in [0.15, 0.2) is 5.78 Å². The Kier molecular flexibility index (Phi) is 3.34. The second-order valence-corrected chi connectivity index (χ2v) is 6.22. The van der Waals surface area contributed by atoms with Gasteiger partial charge in [-0.2, -0.15) is 0 Å². The zero-order valence-corrected chi connectivity index (χ0v) is 11.2. The maximum absolute atomic E-state index is 13.7. The molecule has 2 aliphatic carbocycles. The van der Waals surface area contributed by atoms with Crippen molar-refractivity contribution in [2.24, 2.45) is 17.8 Å². The van der Waals surface area contributed by atoms with Crippen LogP contribution >= 0.6 is 11.6 Å². The maximum Gasteiger partial charge on any atom is 0.166 e. The van der Waals surface area contributed by atoms with Crippen LogP contribution in [0.5, 0.6) is 0 Å². The van der Waals surface area contributed by atoms with Crippen LogP contribution in [0.15, 0.2) is 12.1 Å². The number of rotatable bonds is 3. The number of fused-ring (bicyclic) bond motifs is 2. The van der Waals surface area contributed by atoms with E-state index in [1.165, 1.54) is 19.3 Å². The lowest BCUT2D eigenvalue weighted by Crippen LogP contribution is -2.16. The van der Waals surface area contributed by atoms with Crippen LogP contribution in [0.4, 0.5) is 8.78 Å². The molecule has 3 rings (SSSR count). The minimum Gasteiger partial charge on any atom is -0.294 e. The van der Waals surface area contributed by atoms with Gasteiger partial charge in [0.25, 0.3) is 0 Å². The van der Waals surface area contributed by atoms with E-state index in [1.54, 1.807) is 0 Å². The van der Waals surface area contributed by atoms with Crippen molar-refractivity contribution in [2.45, 2.75) is 32.1 Å². The first-order valence-corrected chi connectivity index (χ1v) is 7.10. The van der Waals surface area contributed by atoms with Gasteiger partial charge in [-0.25, -0.2) is 8.78 Å². The zero-order valence-electron chi connectivity index (χ0n) is 10.5. The molecule has 2 fully saturated rings. The number of ketones is 1. The van der Waals surface area contributed by atoms with Crippen LogP contribution in [-0.4, -0.2) is 5.78 Å². The molecule has 102 valence electrons. The first kappa shape index (κ1) is 13.0. The van der Waals surface area contributed by atoms with Crippen molar-refractivity contribution in [3.63, 3.8) is 0 Å². The Hall–Kier alpha value is -0.960. The van der Waals surface area contributed by atoms with Crippen molar-refractivity contribution >= 4 is 17.4 Å². The SMILES string of the molecule is O=C(CC1CC2CCC1C2)c1cc(F)c(Cl)cc1F. The van der Waals surface area contributed by atoms with Crippen LogP contribution < -0.4 is 0 Å². The minimum absolute atomic E-state index is 0.162. The second kappa shape index (κ2) is 4.86. The molecule has 2 saturated carbocycles. The highest BCUT2D eigenvalue weighted by atomic mass is 35.5. The van der Waals surface area contributed by atoms with Gasteiger partial charge in [0.05, 0.1) is 10.6 Å². The number of carbonyl (C=O) groups is 1. The molecule has 1 aromatic rings. The van der Waals surface area contributed by atoms with E-state index >= 15 is 0 Å². The van der Waals surface area contributed by atoms with Gasteiger partial charge in [0.2, 0.25) is 0 Å². The lowest BCUT2D eigenvalue weighted by Gasteiger charge is -2.20. The van der Waals surface area contributed by atoms with Crippen molar-refractivity contribution in [1.29, 1.82) is 0 Å². The van der Waals surface area contributed by atoms with Crippen molar-refractivity contribution < 1.29 is 13.6 Å². The molecule has 2 bridgehead atoms. The summed E-state index contributed by atoms with van der Waals surface area (Å²) in [5.41, 5.74) is -0.162. The highest BCUT2D eigenvalue weighted by Crippen LogP contribution is 2.49. The number of hydrogen-bond acceptors (Lipinski definition) is 1. The normalized spacial score (nSPS) is 28.9. The van der Waals surface area contributed by atoms with Crippen molar-refractivity contribution in [3.8, 4) is 0 Å². The summed E-state index contributed by atoms with van der Waals surface area (Å²) in [7, 11) is 0. The third kappa shape index (κ3) is 2.40. The molecule has 0 N–H and O–H groups in total. The Balaban J connectivity index is 1.75. The molecule has 0 aliphatic heterocycles. The predicted octanol–water partition coefficient (Wildman–Crippen LogP) is 4.63. The third-order valence-electron chi connectivity index (χ3n) is 4.64. The van der Waals surface area contributed by atoms with Gasteiger partial charge in [-0.3, -0.25) is 4.79 Å². The molecule has 3 unspecified atom stereocenters. The van der Waals surface area contributed by atoms with E-state index in [9.17, 15) is 13.6 Å². The fourth-order valence-electron chi connectivity index (χ4n) is 3.71. The standard InChI is InChI=1S/C15H15ClF2O/c16-12-7-13(17)11(6-14(12)18)15(19)5-10-4-8-1-2-9(10)3-8/h6-10H,1-5H2. The van der Waals surface area contributed by atoms with E-state index in [4.69, 9.17) is 11.6 Å². The molecule has 0 spiro atoms. The highest BCUT2D eigenvalue weighted by Gasteiger charge is 2.40. The quantitative estimate of drug-likeness (QED) is 0.584. The average molecular weight is 285 g/mol. The molecule has 0 heterocycles. The van der Waals surface area contributed by atoms with Crippen LogP contribution in [-0.2, 0) is 0 Å². The monoisotopic (exact) mass is 284 g/mol. The zero-order chi connectivity index (χ0) is 13.6. The van der Waals surface area contributed by atoms with E-state index in [0.29, 0.717) is 18.3 Å². The topological polar surface area (TPSA) is 17.1 Å². The summed E-state index contributed by atoms with van der Waals surface area (Å²) < 4.78 is 27.0. The average Bonchev–Trinajstić information content (AvgIpc) is 2.95. The smallest absolute Gasteiger partial charge is 0.166 e. The maximum atomic E-state index is 13.7. The molecule has 2 aliphatic rings. The second-order valence-electron chi connectivity index (χ2n) is 5.81. The predicted molar refractivity (Wildman–Crippen MR) is 69.3 cm³/mol. The van der Waals surface area contributed by atoms with Crippen molar-refractivity contribution in [1.82, 2.24) is 0 Å². The molecule has 0 aromatic heterocycles. The Labute approximate surface area is 116 Å². The summed E-state index contributed by atoms with van der Waals surface area (Å²) in [6.07, 6.45) is 5.04. The minimum atomic E-state index is -0.737. The van der Waals surface area contributed by atoms with Gasteiger partial charge < -0.3 is 0 Å². The Morgan fingerprint density at radius 1 is 1.21 bits per heavy atom. The van der Waals surface area contributed by atoms with E-state index in [1.807, 2.05) is 0 Å². The number of benzene rings is 1. The Bertz CT molecular complexity index is 529. The number of carbonyl (C=O) groups excluding carboxylic acids is 1. The van der Waals surface area contributed by atoms with Gasteiger partial charge in [0, 0.05) is 6.42 Å². The van der Waals surface area contributed by atoms with Gasteiger partial charge in [-0.1, -0.05) is 18.0 Å². The van der Waals surface area contributed by atoms with Gasteiger partial charge in [0.1, 0.15) is 11.6 Å². The molecule has 1 aromatic carbocycles. The molecule has 4 heteroatoms. The van der Waals surface area contributed by atoms with Crippen molar-refractivity contribution in [2.75, 3.05) is 0 Å². The summed E-state index contributed by atoms with van der Waals surface area (Å²) in [5.74, 6) is -0.0577. The summed E-state index contributed by atoms with van der Waals surface area (Å²) in [6, 6.07) is 1.80. The lowest BCUT2D eigenvalue weighted by atomic mass is 9.84. The van der Waals surface area contributed by atoms with Gasteiger partial charge in [-0.05, 0) is 49.1 Å². The van der Waals surface area contributed by atoms with Crippen LogP contribution in [0.2, 0.25) is 5.02 Å².